The quantitative estimate of drug-likeness (QED) is 0.751. The number of halogens is 2. The molecular formula is C5H10Br2O. The van der Waals surface area contributed by atoms with Gasteiger partial charge in [0.2, 0.25) is 0 Å². The third-order valence-electron chi connectivity index (χ3n) is 0.849. The molecular weight excluding hydrogens is 236 g/mol. The molecule has 1 N–H and O–H groups in total. The van der Waals surface area contributed by atoms with Gasteiger partial charge in [0, 0.05) is 10.7 Å². The van der Waals surface area contributed by atoms with Gasteiger partial charge in [-0.3, -0.25) is 0 Å². The van der Waals surface area contributed by atoms with Crippen molar-refractivity contribution in [1.82, 2.24) is 0 Å². The maximum Gasteiger partial charge on any atom is 0.0637 e. The molecule has 0 saturated heterocycles. The predicted molar refractivity (Wildman–Crippen MR) is 42.8 cm³/mol. The molecule has 0 spiro atoms. The third kappa shape index (κ3) is 5.06. The van der Waals surface area contributed by atoms with E-state index in [9.17, 15) is 0 Å². The van der Waals surface area contributed by atoms with Gasteiger partial charge in [-0.25, -0.2) is 0 Å². The normalized spacial score (nSPS) is 13.9. The fourth-order valence-corrected chi connectivity index (χ4v) is 1.04. The smallest absolute Gasteiger partial charge is 0.0637 e. The summed E-state index contributed by atoms with van der Waals surface area (Å²) in [6, 6.07) is 0. The Bertz CT molecular complexity index is 49.7. The Morgan fingerprint density at radius 1 is 1.38 bits per heavy atom. The van der Waals surface area contributed by atoms with Crippen LogP contribution in [-0.4, -0.2) is 21.9 Å². The first-order valence-electron chi connectivity index (χ1n) is 2.61. The molecule has 0 aromatic heterocycles. The zero-order chi connectivity index (χ0) is 6.41. The summed E-state index contributed by atoms with van der Waals surface area (Å²) in [5, 5.41) is 10.6. The number of hydrogen-bond donors (Lipinski definition) is 1. The second kappa shape index (κ2) is 6.05. The van der Waals surface area contributed by atoms with Crippen LogP contribution < -0.4 is 0 Å². The second-order valence-electron chi connectivity index (χ2n) is 1.64. The number of alkyl halides is 2. The van der Waals surface area contributed by atoms with Crippen molar-refractivity contribution < 1.29 is 5.11 Å². The molecule has 0 rings (SSSR count). The van der Waals surface area contributed by atoms with Crippen LogP contribution in [0.1, 0.15) is 12.8 Å². The topological polar surface area (TPSA) is 20.2 Å². The van der Waals surface area contributed by atoms with Crippen LogP contribution in [-0.2, 0) is 0 Å². The number of aliphatic hydroxyl groups is 1. The van der Waals surface area contributed by atoms with Crippen LogP contribution in [0.25, 0.3) is 0 Å². The molecule has 1 unspecified atom stereocenters. The largest absolute Gasteiger partial charge is 0.392 e. The van der Waals surface area contributed by atoms with E-state index in [1.54, 1.807) is 0 Å². The highest BCUT2D eigenvalue weighted by atomic mass is 79.9. The van der Waals surface area contributed by atoms with Crippen molar-refractivity contribution in [3.63, 3.8) is 0 Å². The van der Waals surface area contributed by atoms with E-state index in [0.717, 1.165) is 18.2 Å². The first-order valence-corrected chi connectivity index (χ1v) is 4.85. The van der Waals surface area contributed by atoms with Crippen molar-refractivity contribution in [3.8, 4) is 0 Å². The highest BCUT2D eigenvalue weighted by Gasteiger charge is 1.98. The number of hydrogen-bond acceptors (Lipinski definition) is 1. The van der Waals surface area contributed by atoms with E-state index < -0.39 is 0 Å². The summed E-state index contributed by atoms with van der Waals surface area (Å²) in [6.45, 7) is 0. The van der Waals surface area contributed by atoms with E-state index in [4.69, 9.17) is 5.11 Å². The molecule has 0 aliphatic heterocycles. The van der Waals surface area contributed by atoms with Crippen molar-refractivity contribution in [2.75, 3.05) is 10.7 Å². The van der Waals surface area contributed by atoms with Crippen molar-refractivity contribution in [2.45, 2.75) is 18.9 Å². The first-order chi connectivity index (χ1) is 3.81. The Hall–Kier alpha value is 0.920. The molecule has 0 amide bonds. The van der Waals surface area contributed by atoms with E-state index in [0.29, 0.717) is 5.33 Å². The van der Waals surface area contributed by atoms with Gasteiger partial charge in [0.1, 0.15) is 0 Å². The average molecular weight is 246 g/mol. The number of rotatable bonds is 4. The highest BCUT2D eigenvalue weighted by Crippen LogP contribution is 2.01. The van der Waals surface area contributed by atoms with Crippen molar-refractivity contribution in [1.29, 1.82) is 0 Å². The SMILES string of the molecule is OC(CBr)CCCBr. The molecule has 1 nitrogen and oxygen atoms in total. The third-order valence-corrected chi connectivity index (χ3v) is 2.16. The average Bonchev–Trinajstić information content (AvgIpc) is 1.83. The molecule has 8 heavy (non-hydrogen) atoms. The highest BCUT2D eigenvalue weighted by molar-refractivity contribution is 9.09. The van der Waals surface area contributed by atoms with Gasteiger partial charge < -0.3 is 5.11 Å². The summed E-state index contributed by atoms with van der Waals surface area (Å²) < 4.78 is 0. The molecule has 0 aromatic rings. The molecule has 0 heterocycles. The lowest BCUT2D eigenvalue weighted by Crippen LogP contribution is -2.06. The Morgan fingerprint density at radius 3 is 2.38 bits per heavy atom. The molecule has 0 fully saturated rings. The fraction of sp³-hybridized carbons (Fsp3) is 1.00. The van der Waals surface area contributed by atoms with E-state index in [-0.39, 0.29) is 6.10 Å². The van der Waals surface area contributed by atoms with Crippen molar-refractivity contribution in [3.05, 3.63) is 0 Å². The Kier molecular flexibility index (Phi) is 6.74. The van der Waals surface area contributed by atoms with Crippen LogP contribution in [0.3, 0.4) is 0 Å². The molecule has 0 radical (unpaired) electrons. The molecule has 0 aliphatic carbocycles. The molecule has 3 heteroatoms. The van der Waals surface area contributed by atoms with Crippen LogP contribution in [0.2, 0.25) is 0 Å². The van der Waals surface area contributed by atoms with Gasteiger partial charge in [-0.05, 0) is 12.8 Å². The van der Waals surface area contributed by atoms with Crippen LogP contribution in [0, 0.1) is 0 Å². The van der Waals surface area contributed by atoms with E-state index in [1.807, 2.05) is 0 Å². The zero-order valence-corrected chi connectivity index (χ0v) is 7.78. The Morgan fingerprint density at radius 2 is 2.00 bits per heavy atom. The molecule has 0 saturated carbocycles. The Labute approximate surface area is 66.7 Å². The van der Waals surface area contributed by atoms with Crippen LogP contribution in [0.4, 0.5) is 0 Å². The first kappa shape index (κ1) is 8.92. The molecule has 0 aliphatic rings. The summed E-state index contributed by atoms with van der Waals surface area (Å²) in [7, 11) is 0. The zero-order valence-electron chi connectivity index (χ0n) is 4.61. The van der Waals surface area contributed by atoms with E-state index >= 15 is 0 Å². The molecule has 1 atom stereocenters. The standard InChI is InChI=1S/C5H10Br2O/c6-3-1-2-5(8)4-7/h5,8H,1-4H2. The van der Waals surface area contributed by atoms with Gasteiger partial charge in [0.05, 0.1) is 6.10 Å². The summed E-state index contributed by atoms with van der Waals surface area (Å²) in [5.41, 5.74) is 0. The Balaban J connectivity index is 2.86. The fourth-order valence-electron chi connectivity index (χ4n) is 0.390. The lowest BCUT2D eigenvalue weighted by molar-refractivity contribution is 0.190. The lowest BCUT2D eigenvalue weighted by atomic mass is 10.2. The van der Waals surface area contributed by atoms with E-state index in [1.165, 1.54) is 0 Å². The van der Waals surface area contributed by atoms with Crippen molar-refractivity contribution >= 4 is 31.9 Å². The van der Waals surface area contributed by atoms with E-state index in [2.05, 4.69) is 31.9 Å². The molecule has 50 valence electrons. The van der Waals surface area contributed by atoms with Gasteiger partial charge >= 0.3 is 0 Å². The summed E-state index contributed by atoms with van der Waals surface area (Å²) in [5.74, 6) is 0. The van der Waals surface area contributed by atoms with Gasteiger partial charge in [0.25, 0.3) is 0 Å². The van der Waals surface area contributed by atoms with Gasteiger partial charge in [-0.1, -0.05) is 31.9 Å². The van der Waals surface area contributed by atoms with Gasteiger partial charge in [-0.2, -0.15) is 0 Å². The van der Waals surface area contributed by atoms with Gasteiger partial charge in [0.15, 0.2) is 0 Å². The molecule has 0 bridgehead atoms. The monoisotopic (exact) mass is 244 g/mol. The van der Waals surface area contributed by atoms with Crippen LogP contribution in [0.15, 0.2) is 0 Å². The summed E-state index contributed by atoms with van der Waals surface area (Å²) in [4.78, 5) is 0. The minimum absolute atomic E-state index is 0.160. The molecule has 0 aromatic carbocycles. The summed E-state index contributed by atoms with van der Waals surface area (Å²) >= 11 is 6.46. The number of aliphatic hydroxyl groups excluding tert-OH is 1. The maximum atomic E-state index is 8.92. The lowest BCUT2D eigenvalue weighted by Gasteiger charge is -2.02. The predicted octanol–water partition coefficient (Wildman–Crippen LogP) is 1.92. The van der Waals surface area contributed by atoms with Gasteiger partial charge in [-0.15, -0.1) is 0 Å². The minimum atomic E-state index is -0.160. The van der Waals surface area contributed by atoms with Crippen LogP contribution >= 0.6 is 31.9 Å². The minimum Gasteiger partial charge on any atom is -0.392 e. The maximum absolute atomic E-state index is 8.92. The van der Waals surface area contributed by atoms with Crippen molar-refractivity contribution in [2.24, 2.45) is 0 Å². The summed E-state index contributed by atoms with van der Waals surface area (Å²) in [6.07, 6.45) is 1.77. The second-order valence-corrected chi connectivity index (χ2v) is 3.08. The van der Waals surface area contributed by atoms with Crippen LogP contribution in [0.5, 0.6) is 0 Å².